The molecule has 4 atom stereocenters. The van der Waals surface area contributed by atoms with Crippen molar-refractivity contribution in [2.45, 2.75) is 77.9 Å². The van der Waals surface area contributed by atoms with Crippen LogP contribution in [0, 0.1) is 18.8 Å². The van der Waals surface area contributed by atoms with Gasteiger partial charge in [-0.05, 0) is 62.8 Å². The van der Waals surface area contributed by atoms with E-state index in [-0.39, 0.29) is 48.0 Å². The van der Waals surface area contributed by atoms with Crippen LogP contribution < -0.4 is 4.90 Å². The summed E-state index contributed by atoms with van der Waals surface area (Å²) in [6.07, 6.45) is -5.76. The molecule has 2 aliphatic rings. The van der Waals surface area contributed by atoms with Crippen molar-refractivity contribution in [1.29, 1.82) is 0 Å². The highest BCUT2D eigenvalue weighted by Crippen LogP contribution is 2.42. The first-order chi connectivity index (χ1) is 17.6. The van der Waals surface area contributed by atoms with Gasteiger partial charge in [0.2, 0.25) is 5.91 Å². The van der Waals surface area contributed by atoms with Gasteiger partial charge in [-0.25, -0.2) is 0 Å². The molecule has 0 bridgehead atoms. The molecular weight excluding hydrogens is 510 g/mol. The molecule has 2 heterocycles. The van der Waals surface area contributed by atoms with Crippen molar-refractivity contribution in [2.75, 3.05) is 11.4 Å². The SMILES string of the molecule is CC(=O)N(Cc1cc(C(F)(F)F)cc(C(F)(F)F)c1)C1CCCN(c2cc(C)[nH]n2)C2CC(C)=CC(C)C12. The van der Waals surface area contributed by atoms with Gasteiger partial charge >= 0.3 is 12.4 Å². The molecule has 4 rings (SSSR count). The highest BCUT2D eigenvalue weighted by molar-refractivity contribution is 5.73. The number of H-pyrrole nitrogens is 1. The Kier molecular flexibility index (Phi) is 7.60. The van der Waals surface area contributed by atoms with E-state index in [2.05, 4.69) is 28.1 Å². The molecule has 1 aliphatic heterocycles. The first-order valence-corrected chi connectivity index (χ1v) is 12.7. The number of allylic oxidation sites excluding steroid dienone is 1. The molecule has 38 heavy (non-hydrogen) atoms. The summed E-state index contributed by atoms with van der Waals surface area (Å²) >= 11 is 0. The van der Waals surface area contributed by atoms with Crippen LogP contribution in [0.5, 0.6) is 0 Å². The van der Waals surface area contributed by atoms with Gasteiger partial charge in [-0.15, -0.1) is 0 Å². The van der Waals surface area contributed by atoms with E-state index in [1.165, 1.54) is 17.4 Å². The van der Waals surface area contributed by atoms with E-state index in [4.69, 9.17) is 0 Å². The summed E-state index contributed by atoms with van der Waals surface area (Å²) in [7, 11) is 0. The highest BCUT2D eigenvalue weighted by Gasteiger charge is 2.44. The Morgan fingerprint density at radius 3 is 2.24 bits per heavy atom. The lowest BCUT2D eigenvalue weighted by atomic mass is 9.73. The molecule has 1 fully saturated rings. The summed E-state index contributed by atoms with van der Waals surface area (Å²) in [6.45, 7) is 7.66. The number of amides is 1. The second-order valence-corrected chi connectivity index (χ2v) is 10.6. The van der Waals surface area contributed by atoms with Crippen molar-refractivity contribution in [2.24, 2.45) is 11.8 Å². The number of anilines is 1. The Morgan fingerprint density at radius 1 is 1.08 bits per heavy atom. The number of carbonyl (C=O) groups is 1. The van der Waals surface area contributed by atoms with Crippen LogP contribution in [0.25, 0.3) is 0 Å². The number of benzene rings is 1. The number of alkyl halides is 6. The zero-order valence-electron chi connectivity index (χ0n) is 21.7. The fourth-order valence-corrected chi connectivity index (χ4v) is 6.17. The molecule has 11 heteroatoms. The fraction of sp³-hybridized carbons (Fsp3) is 0.556. The zero-order chi connectivity index (χ0) is 28.0. The number of fused-ring (bicyclic) bond motifs is 1. The Balaban J connectivity index is 1.74. The van der Waals surface area contributed by atoms with E-state index < -0.39 is 23.5 Å². The van der Waals surface area contributed by atoms with Crippen LogP contribution >= 0.6 is 0 Å². The number of aromatic nitrogens is 2. The number of nitrogens with one attached hydrogen (secondary N) is 1. The molecular formula is C27H32F6N4O. The van der Waals surface area contributed by atoms with Gasteiger partial charge in [0.25, 0.3) is 0 Å². The third kappa shape index (κ3) is 5.86. The van der Waals surface area contributed by atoms with Gasteiger partial charge in [0, 0.05) is 49.8 Å². The quantitative estimate of drug-likeness (QED) is 0.344. The fourth-order valence-electron chi connectivity index (χ4n) is 6.17. The molecule has 1 saturated heterocycles. The number of hydrogen-bond acceptors (Lipinski definition) is 3. The number of rotatable bonds is 4. The van der Waals surface area contributed by atoms with Crippen LogP contribution in [-0.4, -0.2) is 39.6 Å². The van der Waals surface area contributed by atoms with Crippen molar-refractivity contribution in [3.05, 3.63) is 58.3 Å². The first kappa shape index (κ1) is 28.0. The van der Waals surface area contributed by atoms with Crippen molar-refractivity contribution in [1.82, 2.24) is 15.1 Å². The summed E-state index contributed by atoms with van der Waals surface area (Å²) in [4.78, 5) is 16.7. The molecule has 1 aromatic carbocycles. The zero-order valence-corrected chi connectivity index (χ0v) is 21.7. The molecule has 0 spiro atoms. The standard InChI is InChI=1S/C27H32F6N4O/c1-15-8-16(2)25-22(6-5-7-36(23(25)9-15)24-10-17(3)34-35-24)37(18(4)38)14-19-11-20(26(28,29)30)13-21(12-19)27(31,32)33/h8,10-13,16,22-23,25H,5-7,9,14H2,1-4H3,(H,34,35). The summed E-state index contributed by atoms with van der Waals surface area (Å²) in [5.41, 5.74) is -0.857. The minimum absolute atomic E-state index is 0.0284. The van der Waals surface area contributed by atoms with Crippen LogP contribution in [0.3, 0.4) is 0 Å². The first-order valence-electron chi connectivity index (χ1n) is 12.7. The largest absolute Gasteiger partial charge is 0.416 e. The number of aryl methyl sites for hydroxylation is 1. The van der Waals surface area contributed by atoms with Crippen molar-refractivity contribution >= 4 is 11.7 Å². The van der Waals surface area contributed by atoms with Crippen molar-refractivity contribution in [3.8, 4) is 0 Å². The normalized spacial score (nSPS) is 24.5. The smallest absolute Gasteiger partial charge is 0.351 e. The maximum atomic E-state index is 13.5. The van der Waals surface area contributed by atoms with Crippen molar-refractivity contribution < 1.29 is 31.1 Å². The molecule has 5 nitrogen and oxygen atoms in total. The van der Waals surface area contributed by atoms with Gasteiger partial charge in [0.15, 0.2) is 5.82 Å². The van der Waals surface area contributed by atoms with E-state index >= 15 is 0 Å². The average molecular weight is 543 g/mol. The number of carbonyl (C=O) groups excluding carboxylic acids is 1. The molecule has 1 N–H and O–H groups in total. The van der Waals surface area contributed by atoms with Gasteiger partial charge in [0.1, 0.15) is 0 Å². The van der Waals surface area contributed by atoms with E-state index in [9.17, 15) is 31.1 Å². The minimum atomic E-state index is -4.95. The van der Waals surface area contributed by atoms with Gasteiger partial charge < -0.3 is 9.80 Å². The number of hydrogen-bond donors (Lipinski definition) is 1. The van der Waals surface area contributed by atoms with Crippen LogP contribution in [0.1, 0.15) is 62.4 Å². The molecule has 0 saturated carbocycles. The Hall–Kier alpha value is -2.98. The van der Waals surface area contributed by atoms with Crippen LogP contribution in [0.4, 0.5) is 32.2 Å². The molecule has 4 unspecified atom stereocenters. The van der Waals surface area contributed by atoms with E-state index in [1.807, 2.05) is 19.9 Å². The Morgan fingerprint density at radius 2 is 1.71 bits per heavy atom. The predicted octanol–water partition coefficient (Wildman–Crippen LogP) is 6.74. The lowest BCUT2D eigenvalue weighted by molar-refractivity contribution is -0.143. The second kappa shape index (κ2) is 10.3. The van der Waals surface area contributed by atoms with Gasteiger partial charge in [0.05, 0.1) is 11.1 Å². The average Bonchev–Trinajstić information content (AvgIpc) is 3.13. The van der Waals surface area contributed by atoms with E-state index in [1.54, 1.807) is 0 Å². The monoisotopic (exact) mass is 542 g/mol. The molecule has 1 amide bonds. The van der Waals surface area contributed by atoms with Crippen molar-refractivity contribution in [3.63, 3.8) is 0 Å². The van der Waals surface area contributed by atoms with Gasteiger partial charge in [-0.1, -0.05) is 18.6 Å². The maximum absolute atomic E-state index is 13.5. The summed E-state index contributed by atoms with van der Waals surface area (Å²) in [6, 6.07) is 3.10. The van der Waals surface area contributed by atoms with E-state index in [0.29, 0.717) is 31.5 Å². The second-order valence-electron chi connectivity index (χ2n) is 10.6. The minimum Gasteiger partial charge on any atom is -0.351 e. The van der Waals surface area contributed by atoms with Gasteiger partial charge in [-0.3, -0.25) is 9.89 Å². The molecule has 0 radical (unpaired) electrons. The molecule has 1 aromatic heterocycles. The summed E-state index contributed by atoms with van der Waals surface area (Å²) in [5, 5.41) is 7.42. The molecule has 1 aliphatic carbocycles. The topological polar surface area (TPSA) is 52.2 Å². The Labute approximate surface area is 217 Å². The Bertz CT molecular complexity index is 1170. The highest BCUT2D eigenvalue weighted by atomic mass is 19.4. The third-order valence-electron chi connectivity index (χ3n) is 7.67. The number of nitrogens with zero attached hydrogens (tertiary/aromatic N) is 3. The maximum Gasteiger partial charge on any atom is 0.416 e. The lowest BCUT2D eigenvalue weighted by Crippen LogP contribution is -2.53. The third-order valence-corrected chi connectivity index (χ3v) is 7.67. The van der Waals surface area contributed by atoms with Crippen LogP contribution in [0.15, 0.2) is 35.9 Å². The van der Waals surface area contributed by atoms with Crippen LogP contribution in [-0.2, 0) is 23.7 Å². The van der Waals surface area contributed by atoms with Crippen LogP contribution in [0.2, 0.25) is 0 Å². The summed E-state index contributed by atoms with van der Waals surface area (Å²) < 4.78 is 80.9. The predicted molar refractivity (Wildman–Crippen MR) is 131 cm³/mol. The lowest BCUT2D eigenvalue weighted by Gasteiger charge is -2.46. The molecule has 2 aromatic rings. The number of aromatic amines is 1. The molecule has 208 valence electrons. The van der Waals surface area contributed by atoms with Gasteiger partial charge in [-0.2, -0.15) is 31.4 Å². The number of halogens is 6. The summed E-state index contributed by atoms with van der Waals surface area (Å²) in [5.74, 6) is 0.354. The van der Waals surface area contributed by atoms with E-state index in [0.717, 1.165) is 17.9 Å².